The lowest BCUT2D eigenvalue weighted by Crippen LogP contribution is -2.36. The van der Waals surface area contributed by atoms with E-state index in [-0.39, 0.29) is 5.76 Å². The first-order valence-corrected chi connectivity index (χ1v) is 9.16. The fourth-order valence-corrected chi connectivity index (χ4v) is 2.94. The minimum atomic E-state index is -0.700. The zero-order valence-electron chi connectivity index (χ0n) is 15.8. The summed E-state index contributed by atoms with van der Waals surface area (Å²) in [6.45, 7) is 2.98. The van der Waals surface area contributed by atoms with Crippen molar-refractivity contribution in [2.24, 2.45) is 0 Å². The fraction of sp³-hybridized carbons (Fsp3) is 0.211. The lowest BCUT2D eigenvalue weighted by atomic mass is 10.2. The second-order valence-electron chi connectivity index (χ2n) is 6.45. The molecule has 30 heavy (non-hydrogen) atoms. The second-order valence-corrected chi connectivity index (χ2v) is 6.45. The van der Waals surface area contributed by atoms with E-state index in [0.29, 0.717) is 24.7 Å². The van der Waals surface area contributed by atoms with Crippen molar-refractivity contribution in [2.45, 2.75) is 0 Å². The first-order chi connectivity index (χ1) is 14.6. The van der Waals surface area contributed by atoms with E-state index in [1.807, 2.05) is 6.07 Å². The Morgan fingerprint density at radius 3 is 2.53 bits per heavy atom. The Labute approximate surface area is 170 Å². The number of nitro groups is 1. The molecule has 154 valence electrons. The average Bonchev–Trinajstić information content (AvgIpc) is 3.27. The maximum absolute atomic E-state index is 12.1. The maximum atomic E-state index is 12.1. The largest absolute Gasteiger partial charge is 0.433 e. The molecule has 3 heterocycles. The Bertz CT molecular complexity index is 1050. The van der Waals surface area contributed by atoms with Gasteiger partial charge in [-0.3, -0.25) is 14.9 Å². The molecule has 3 aromatic rings. The molecule has 0 radical (unpaired) electrons. The molecular formula is C19H18N6O5. The summed E-state index contributed by atoms with van der Waals surface area (Å²) in [5.74, 6) is -0.606. The van der Waals surface area contributed by atoms with Gasteiger partial charge in [-0.1, -0.05) is 0 Å². The first kappa shape index (κ1) is 19.3. The molecule has 0 saturated carbocycles. The van der Waals surface area contributed by atoms with Gasteiger partial charge < -0.3 is 24.7 Å². The number of carbonyl (C=O) groups excluding carboxylic acids is 1. The van der Waals surface area contributed by atoms with E-state index in [0.717, 1.165) is 30.5 Å². The average molecular weight is 410 g/mol. The van der Waals surface area contributed by atoms with Gasteiger partial charge in [-0.05, 0) is 30.3 Å². The van der Waals surface area contributed by atoms with Gasteiger partial charge in [0.1, 0.15) is 4.92 Å². The third-order valence-corrected chi connectivity index (χ3v) is 4.43. The topological polar surface area (TPSA) is 136 Å². The van der Waals surface area contributed by atoms with Gasteiger partial charge in [-0.15, -0.1) is 5.10 Å². The summed E-state index contributed by atoms with van der Waals surface area (Å²) >= 11 is 0. The molecule has 0 spiro atoms. The van der Waals surface area contributed by atoms with Crippen LogP contribution >= 0.6 is 0 Å². The van der Waals surface area contributed by atoms with Gasteiger partial charge in [0.15, 0.2) is 11.6 Å². The van der Waals surface area contributed by atoms with Gasteiger partial charge in [-0.25, -0.2) is 0 Å². The Kier molecular flexibility index (Phi) is 5.52. The number of ether oxygens (including phenoxy) is 1. The van der Waals surface area contributed by atoms with Gasteiger partial charge in [-0.2, -0.15) is 5.10 Å². The smallest absolute Gasteiger partial charge is 0.395 e. The van der Waals surface area contributed by atoms with E-state index in [4.69, 9.17) is 9.15 Å². The third-order valence-electron chi connectivity index (χ3n) is 4.43. The zero-order valence-corrected chi connectivity index (χ0v) is 15.8. The molecule has 0 atom stereocenters. The third kappa shape index (κ3) is 4.52. The number of nitrogens with one attached hydrogen (secondary N) is 2. The standard InChI is InChI=1S/C19H18N6O5/c26-19(16-5-6-18(30-16)25(27)28)22-14-3-1-13(2-4-14)21-17-11-15(12-20-23-17)24-7-9-29-10-8-24/h1-6,11-12H,7-10H2,(H,21,23)(H,22,26). The number of morpholine rings is 1. The van der Waals surface area contributed by atoms with Crippen LogP contribution in [0.15, 0.2) is 53.1 Å². The number of hydrogen-bond acceptors (Lipinski definition) is 9. The number of carbonyl (C=O) groups is 1. The van der Waals surface area contributed by atoms with Crippen LogP contribution in [0.4, 0.5) is 28.8 Å². The van der Waals surface area contributed by atoms with Gasteiger partial charge in [0.2, 0.25) is 0 Å². The zero-order chi connectivity index (χ0) is 20.9. The van der Waals surface area contributed by atoms with E-state index in [2.05, 4.69) is 25.7 Å². The molecule has 0 unspecified atom stereocenters. The van der Waals surface area contributed by atoms with Crippen LogP contribution < -0.4 is 15.5 Å². The summed E-state index contributed by atoms with van der Waals surface area (Å²) in [7, 11) is 0. The SMILES string of the molecule is O=C(Nc1ccc(Nc2cc(N3CCOCC3)cnn2)cc1)c1ccc([N+](=O)[O-])o1. The summed E-state index contributed by atoms with van der Waals surface area (Å²) < 4.78 is 10.3. The molecule has 0 bridgehead atoms. The van der Waals surface area contributed by atoms with Gasteiger partial charge >= 0.3 is 5.88 Å². The fourth-order valence-electron chi connectivity index (χ4n) is 2.94. The van der Waals surface area contributed by atoms with Gasteiger partial charge in [0.05, 0.1) is 31.2 Å². The molecule has 2 aromatic heterocycles. The summed E-state index contributed by atoms with van der Waals surface area (Å²) in [6.07, 6.45) is 1.72. The van der Waals surface area contributed by atoms with E-state index in [1.54, 1.807) is 30.5 Å². The van der Waals surface area contributed by atoms with Crippen molar-refractivity contribution in [3.05, 3.63) is 64.5 Å². The quantitative estimate of drug-likeness (QED) is 0.464. The lowest BCUT2D eigenvalue weighted by Gasteiger charge is -2.28. The molecule has 2 N–H and O–H groups in total. The molecule has 11 heteroatoms. The van der Waals surface area contributed by atoms with Crippen LogP contribution in [0, 0.1) is 10.1 Å². The van der Waals surface area contributed by atoms with Crippen LogP contribution in [-0.2, 0) is 4.74 Å². The number of hydrogen-bond donors (Lipinski definition) is 2. The molecule has 1 aliphatic rings. The molecular weight excluding hydrogens is 392 g/mol. The highest BCUT2D eigenvalue weighted by Gasteiger charge is 2.17. The Hall–Kier alpha value is -3.99. The van der Waals surface area contributed by atoms with Crippen LogP contribution in [-0.4, -0.2) is 47.3 Å². The van der Waals surface area contributed by atoms with Gasteiger partial charge in [0, 0.05) is 30.5 Å². The summed E-state index contributed by atoms with van der Waals surface area (Å²) in [4.78, 5) is 24.3. The van der Waals surface area contributed by atoms with Gasteiger partial charge in [0.25, 0.3) is 5.91 Å². The highest BCUT2D eigenvalue weighted by molar-refractivity contribution is 6.02. The highest BCUT2D eigenvalue weighted by atomic mass is 16.6. The number of nitrogens with zero attached hydrogens (tertiary/aromatic N) is 4. The molecule has 1 aliphatic heterocycles. The lowest BCUT2D eigenvalue weighted by molar-refractivity contribution is -0.402. The predicted molar refractivity (Wildman–Crippen MR) is 108 cm³/mol. The minimum absolute atomic E-state index is 0.140. The Morgan fingerprint density at radius 1 is 1.10 bits per heavy atom. The summed E-state index contributed by atoms with van der Waals surface area (Å²) in [5, 5.41) is 24.6. The van der Waals surface area contributed by atoms with Crippen molar-refractivity contribution in [1.82, 2.24) is 10.2 Å². The van der Waals surface area contributed by atoms with Crippen molar-refractivity contribution >= 4 is 34.7 Å². The molecule has 1 saturated heterocycles. The van der Waals surface area contributed by atoms with Crippen molar-refractivity contribution in [3.63, 3.8) is 0 Å². The first-order valence-electron chi connectivity index (χ1n) is 9.16. The van der Waals surface area contributed by atoms with Crippen molar-refractivity contribution < 1.29 is 18.9 Å². The number of amides is 1. The van der Waals surface area contributed by atoms with Crippen LogP contribution in [0.1, 0.15) is 10.6 Å². The molecule has 1 fully saturated rings. The number of aromatic nitrogens is 2. The molecule has 0 aliphatic carbocycles. The normalized spacial score (nSPS) is 13.7. The number of benzene rings is 1. The molecule has 1 amide bonds. The minimum Gasteiger partial charge on any atom is -0.395 e. The highest BCUT2D eigenvalue weighted by Crippen LogP contribution is 2.22. The van der Waals surface area contributed by atoms with Crippen LogP contribution in [0.3, 0.4) is 0 Å². The number of furan rings is 1. The van der Waals surface area contributed by atoms with Crippen molar-refractivity contribution in [1.29, 1.82) is 0 Å². The maximum Gasteiger partial charge on any atom is 0.433 e. The van der Waals surface area contributed by atoms with Crippen LogP contribution in [0.25, 0.3) is 0 Å². The second kappa shape index (κ2) is 8.57. The number of anilines is 4. The van der Waals surface area contributed by atoms with E-state index in [9.17, 15) is 14.9 Å². The van der Waals surface area contributed by atoms with Crippen LogP contribution in [0.5, 0.6) is 0 Å². The van der Waals surface area contributed by atoms with Crippen molar-refractivity contribution in [2.75, 3.05) is 41.8 Å². The molecule has 1 aromatic carbocycles. The van der Waals surface area contributed by atoms with Crippen LogP contribution in [0.2, 0.25) is 0 Å². The Balaban J connectivity index is 1.38. The van der Waals surface area contributed by atoms with E-state index >= 15 is 0 Å². The Morgan fingerprint density at radius 2 is 1.83 bits per heavy atom. The monoisotopic (exact) mass is 410 g/mol. The molecule has 11 nitrogen and oxygen atoms in total. The van der Waals surface area contributed by atoms with E-state index in [1.165, 1.54) is 6.07 Å². The number of rotatable bonds is 6. The van der Waals surface area contributed by atoms with Crippen molar-refractivity contribution in [3.8, 4) is 0 Å². The summed E-state index contributed by atoms with van der Waals surface area (Å²) in [5.41, 5.74) is 2.24. The predicted octanol–water partition coefficient (Wildman–Crippen LogP) is 2.81. The molecule has 4 rings (SSSR count). The van der Waals surface area contributed by atoms with E-state index < -0.39 is 16.7 Å². The summed E-state index contributed by atoms with van der Waals surface area (Å²) in [6, 6.07) is 11.2.